The van der Waals surface area contributed by atoms with Gasteiger partial charge in [-0.15, -0.1) is 0 Å². The maximum Gasteiger partial charge on any atom is 0.328 e. The van der Waals surface area contributed by atoms with Crippen LogP contribution in [0.2, 0.25) is 0 Å². The number of aryl methyl sites for hydroxylation is 2. The van der Waals surface area contributed by atoms with Gasteiger partial charge >= 0.3 is 5.97 Å². The second kappa shape index (κ2) is 8.26. The van der Waals surface area contributed by atoms with Gasteiger partial charge in [-0.25, -0.2) is 4.79 Å². The first-order valence-corrected chi connectivity index (χ1v) is 6.74. The van der Waals surface area contributed by atoms with Crippen LogP contribution in [0, 0.1) is 6.92 Å². The lowest BCUT2D eigenvalue weighted by Gasteiger charge is -2.12. The zero-order chi connectivity index (χ0) is 15.8. The highest BCUT2D eigenvalue weighted by Gasteiger charge is 2.18. The number of carbonyl (C=O) groups is 2. The molecule has 1 unspecified atom stereocenters. The van der Waals surface area contributed by atoms with Crippen molar-refractivity contribution in [1.82, 2.24) is 5.32 Å². The van der Waals surface area contributed by atoms with Gasteiger partial charge in [0, 0.05) is 6.42 Å². The van der Waals surface area contributed by atoms with E-state index in [4.69, 9.17) is 14.9 Å². The molecule has 116 valence electrons. The van der Waals surface area contributed by atoms with Crippen molar-refractivity contribution in [1.29, 1.82) is 0 Å². The van der Waals surface area contributed by atoms with E-state index in [1.54, 1.807) is 7.11 Å². The molecule has 0 aliphatic heterocycles. The summed E-state index contributed by atoms with van der Waals surface area (Å²) < 4.78 is 5.26. The van der Waals surface area contributed by atoms with Gasteiger partial charge in [0.25, 0.3) is 0 Å². The van der Waals surface area contributed by atoms with Crippen LogP contribution >= 0.6 is 0 Å². The minimum Gasteiger partial charge on any atom is -0.496 e. The molecule has 1 aromatic carbocycles. The number of amides is 1. The SMILES string of the molecule is COc1ccc(C)cc1CCCC(=O)NC(CO)C(=O)O. The quantitative estimate of drug-likeness (QED) is 0.662. The second-order valence-corrected chi connectivity index (χ2v) is 4.81. The average molecular weight is 295 g/mol. The van der Waals surface area contributed by atoms with Gasteiger partial charge in [-0.3, -0.25) is 4.79 Å². The van der Waals surface area contributed by atoms with E-state index in [0.29, 0.717) is 12.8 Å². The summed E-state index contributed by atoms with van der Waals surface area (Å²) in [6, 6.07) is 4.60. The number of carboxylic acids is 1. The molecule has 21 heavy (non-hydrogen) atoms. The highest BCUT2D eigenvalue weighted by atomic mass is 16.5. The molecule has 1 aromatic rings. The highest BCUT2D eigenvalue weighted by Crippen LogP contribution is 2.21. The zero-order valence-corrected chi connectivity index (χ0v) is 12.3. The van der Waals surface area contributed by atoms with Crippen LogP contribution in [-0.4, -0.2) is 41.8 Å². The molecule has 1 amide bonds. The molecule has 0 bridgehead atoms. The third-order valence-corrected chi connectivity index (χ3v) is 3.10. The summed E-state index contributed by atoms with van der Waals surface area (Å²) in [6.45, 7) is 1.36. The molecule has 0 saturated carbocycles. The van der Waals surface area contributed by atoms with Gasteiger partial charge < -0.3 is 20.3 Å². The number of ether oxygens (including phenoxy) is 1. The van der Waals surface area contributed by atoms with Gasteiger partial charge in [-0.2, -0.15) is 0 Å². The van der Waals surface area contributed by atoms with Crippen LogP contribution in [0.15, 0.2) is 18.2 Å². The highest BCUT2D eigenvalue weighted by molar-refractivity contribution is 5.83. The van der Waals surface area contributed by atoms with Gasteiger partial charge in [-0.1, -0.05) is 17.7 Å². The molecule has 6 heteroatoms. The van der Waals surface area contributed by atoms with Crippen molar-refractivity contribution in [3.63, 3.8) is 0 Å². The number of methoxy groups -OCH3 is 1. The minimum atomic E-state index is -1.24. The first-order chi connectivity index (χ1) is 9.97. The van der Waals surface area contributed by atoms with Crippen molar-refractivity contribution in [2.45, 2.75) is 32.2 Å². The van der Waals surface area contributed by atoms with Gasteiger partial charge in [0.1, 0.15) is 11.8 Å². The number of aliphatic hydroxyl groups is 1. The molecule has 0 heterocycles. The molecule has 6 nitrogen and oxygen atoms in total. The number of carboxylic acid groups (broad SMARTS) is 1. The average Bonchev–Trinajstić information content (AvgIpc) is 2.44. The maximum absolute atomic E-state index is 11.6. The molecule has 0 aliphatic carbocycles. The van der Waals surface area contributed by atoms with Crippen molar-refractivity contribution >= 4 is 11.9 Å². The van der Waals surface area contributed by atoms with Crippen molar-refractivity contribution in [2.75, 3.05) is 13.7 Å². The molecule has 1 rings (SSSR count). The van der Waals surface area contributed by atoms with Crippen LogP contribution in [0.3, 0.4) is 0 Å². The fourth-order valence-electron chi connectivity index (χ4n) is 1.99. The maximum atomic E-state index is 11.6. The van der Waals surface area contributed by atoms with E-state index in [2.05, 4.69) is 5.32 Å². The van der Waals surface area contributed by atoms with Gasteiger partial charge in [0.15, 0.2) is 0 Å². The van der Waals surface area contributed by atoms with Gasteiger partial charge in [0.05, 0.1) is 13.7 Å². The van der Waals surface area contributed by atoms with Crippen LogP contribution in [0.25, 0.3) is 0 Å². The fourth-order valence-corrected chi connectivity index (χ4v) is 1.99. The van der Waals surface area contributed by atoms with Crippen LogP contribution in [0.4, 0.5) is 0 Å². The Morgan fingerprint density at radius 1 is 1.38 bits per heavy atom. The Balaban J connectivity index is 2.48. The first-order valence-electron chi connectivity index (χ1n) is 6.74. The minimum absolute atomic E-state index is 0.195. The second-order valence-electron chi connectivity index (χ2n) is 4.81. The van der Waals surface area contributed by atoms with E-state index in [0.717, 1.165) is 16.9 Å². The first kappa shape index (κ1) is 17.0. The third-order valence-electron chi connectivity index (χ3n) is 3.10. The molecule has 1 atom stereocenters. The molecule has 0 aliphatic rings. The number of aliphatic carboxylic acids is 1. The molecular weight excluding hydrogens is 274 g/mol. The number of hydrogen-bond donors (Lipinski definition) is 3. The van der Waals surface area contributed by atoms with Crippen molar-refractivity contribution in [3.05, 3.63) is 29.3 Å². The lowest BCUT2D eigenvalue weighted by atomic mass is 10.0. The van der Waals surface area contributed by atoms with E-state index in [1.807, 2.05) is 25.1 Å². The molecule has 3 N–H and O–H groups in total. The van der Waals surface area contributed by atoms with Crippen LogP contribution in [0.1, 0.15) is 24.0 Å². The summed E-state index contributed by atoms with van der Waals surface area (Å²) >= 11 is 0. The fraction of sp³-hybridized carbons (Fsp3) is 0.467. The Hall–Kier alpha value is -2.08. The van der Waals surface area contributed by atoms with Crippen molar-refractivity contribution in [3.8, 4) is 5.75 Å². The predicted octanol–water partition coefficient (Wildman–Crippen LogP) is 0.888. The smallest absolute Gasteiger partial charge is 0.328 e. The van der Waals surface area contributed by atoms with Gasteiger partial charge in [-0.05, 0) is 31.4 Å². The summed E-state index contributed by atoms with van der Waals surface area (Å²) in [4.78, 5) is 22.3. The molecule has 0 fully saturated rings. The number of benzene rings is 1. The lowest BCUT2D eigenvalue weighted by Crippen LogP contribution is -2.43. The lowest BCUT2D eigenvalue weighted by molar-refractivity contribution is -0.142. The van der Waals surface area contributed by atoms with E-state index in [9.17, 15) is 9.59 Å². The Kier molecular flexibility index (Phi) is 6.68. The van der Waals surface area contributed by atoms with E-state index in [-0.39, 0.29) is 12.3 Å². The van der Waals surface area contributed by atoms with Crippen molar-refractivity contribution < 1.29 is 24.5 Å². The molecular formula is C15H21NO5. The molecule has 0 aromatic heterocycles. The number of aliphatic hydroxyl groups excluding tert-OH is 1. The molecule has 0 spiro atoms. The standard InChI is InChI=1S/C15H21NO5/c1-10-6-7-13(21-2)11(8-10)4-3-5-14(18)16-12(9-17)15(19)20/h6-8,12,17H,3-5,9H2,1-2H3,(H,16,18)(H,19,20). The Morgan fingerprint density at radius 2 is 2.10 bits per heavy atom. The van der Waals surface area contributed by atoms with Crippen LogP contribution in [0.5, 0.6) is 5.75 Å². The summed E-state index contributed by atoms with van der Waals surface area (Å²) in [7, 11) is 1.60. The van der Waals surface area contributed by atoms with Crippen molar-refractivity contribution in [2.24, 2.45) is 0 Å². The summed E-state index contributed by atoms with van der Waals surface area (Å²) in [5, 5.41) is 19.8. The summed E-state index contributed by atoms with van der Waals surface area (Å²) in [5.74, 6) is -0.853. The number of carbonyl (C=O) groups excluding carboxylic acids is 1. The zero-order valence-electron chi connectivity index (χ0n) is 12.3. The van der Waals surface area contributed by atoms with E-state index < -0.39 is 18.6 Å². The topological polar surface area (TPSA) is 95.9 Å². The molecule has 0 saturated heterocycles. The Morgan fingerprint density at radius 3 is 2.67 bits per heavy atom. The van der Waals surface area contributed by atoms with Gasteiger partial charge in [0.2, 0.25) is 5.91 Å². The monoisotopic (exact) mass is 295 g/mol. The summed E-state index contributed by atoms with van der Waals surface area (Å²) in [6.07, 6.45) is 1.43. The Labute approximate surface area is 123 Å². The third kappa shape index (κ3) is 5.43. The number of nitrogens with one attached hydrogen (secondary N) is 1. The largest absolute Gasteiger partial charge is 0.496 e. The van der Waals surface area contributed by atoms with Crippen LogP contribution in [-0.2, 0) is 16.0 Å². The predicted molar refractivity (Wildman–Crippen MR) is 77.3 cm³/mol. The summed E-state index contributed by atoms with van der Waals surface area (Å²) in [5.41, 5.74) is 2.13. The van der Waals surface area contributed by atoms with Crippen LogP contribution < -0.4 is 10.1 Å². The van der Waals surface area contributed by atoms with E-state index >= 15 is 0 Å². The van der Waals surface area contributed by atoms with E-state index in [1.165, 1.54) is 0 Å². The molecule has 0 radical (unpaired) electrons. The number of hydrogen-bond acceptors (Lipinski definition) is 4. The Bertz CT molecular complexity index is 501. The normalized spacial score (nSPS) is 11.8. The number of rotatable bonds is 8.